The molecule has 0 aromatic rings. The molecular weight excluding hydrogens is 629 g/mol. The number of hydrogen-bond acceptors (Lipinski definition) is 4. The number of rotatable bonds is 41. The van der Waals surface area contributed by atoms with Gasteiger partial charge in [0.15, 0.2) is 0 Å². The maximum Gasteiger partial charge on any atom is 0.306 e. The van der Waals surface area contributed by atoms with E-state index in [1.54, 1.807) is 0 Å². The second-order valence-electron chi connectivity index (χ2n) is 14.7. The minimum Gasteiger partial charge on any atom is -0.457 e. The molecule has 0 aliphatic heterocycles. The molecule has 1 N–H and O–H groups in total. The molecule has 0 amide bonds. The fourth-order valence-electron chi connectivity index (χ4n) is 6.38. The van der Waals surface area contributed by atoms with Gasteiger partial charge in [-0.25, -0.2) is 0 Å². The molecule has 298 valence electrons. The lowest BCUT2D eigenvalue weighted by Gasteiger charge is -2.16. The van der Waals surface area contributed by atoms with Gasteiger partial charge >= 0.3 is 5.97 Å². The average Bonchev–Trinajstić information content (AvgIpc) is 3.14. The van der Waals surface area contributed by atoms with Crippen LogP contribution in [0.3, 0.4) is 0 Å². The number of esters is 1. The molecule has 0 bridgehead atoms. The lowest BCUT2D eigenvalue weighted by molar-refractivity contribution is -0.154. The molecule has 0 rings (SSSR count). The van der Waals surface area contributed by atoms with Crippen LogP contribution in [-0.2, 0) is 14.3 Å². The molecule has 0 saturated heterocycles. The zero-order valence-corrected chi connectivity index (χ0v) is 34.1. The predicted molar refractivity (Wildman–Crippen MR) is 223 cm³/mol. The normalized spacial score (nSPS) is 12.8. The van der Waals surface area contributed by atoms with Crippen molar-refractivity contribution in [3.05, 3.63) is 48.6 Å². The van der Waals surface area contributed by atoms with Crippen molar-refractivity contribution < 1.29 is 19.4 Å². The Morgan fingerprint density at radius 2 is 0.882 bits per heavy atom. The van der Waals surface area contributed by atoms with E-state index in [1.807, 2.05) is 0 Å². The summed E-state index contributed by atoms with van der Waals surface area (Å²) in [7, 11) is 0. The minimum atomic E-state index is -0.532. The molecule has 4 nitrogen and oxygen atoms in total. The van der Waals surface area contributed by atoms with Crippen LogP contribution in [0.5, 0.6) is 0 Å². The summed E-state index contributed by atoms with van der Waals surface area (Å²) in [6.07, 6.45) is 57.5. The zero-order valence-electron chi connectivity index (χ0n) is 34.1. The van der Waals surface area contributed by atoms with Gasteiger partial charge in [0.05, 0.1) is 13.2 Å². The first-order valence-corrected chi connectivity index (χ1v) is 22.2. The van der Waals surface area contributed by atoms with Gasteiger partial charge in [-0.05, 0) is 51.4 Å². The van der Waals surface area contributed by atoms with E-state index in [-0.39, 0.29) is 12.6 Å². The number of ether oxygens (including phenoxy) is 2. The summed E-state index contributed by atoms with van der Waals surface area (Å²) < 4.78 is 11.2. The van der Waals surface area contributed by atoms with Crippen molar-refractivity contribution >= 4 is 5.97 Å². The van der Waals surface area contributed by atoms with Crippen molar-refractivity contribution in [2.45, 2.75) is 225 Å². The summed E-state index contributed by atoms with van der Waals surface area (Å²) in [6, 6.07) is 0. The SMILES string of the molecule is CC/C=C\C/C=C\C/C=C\C/C=C\CCCCCCCCCCCCCCCOCC(CO)OC(=O)CCCCCCCCCCCCCCC. The van der Waals surface area contributed by atoms with Gasteiger partial charge in [0.1, 0.15) is 6.10 Å². The third kappa shape index (κ3) is 42.7. The van der Waals surface area contributed by atoms with Gasteiger partial charge in [-0.3, -0.25) is 4.79 Å². The van der Waals surface area contributed by atoms with E-state index in [1.165, 1.54) is 154 Å². The van der Waals surface area contributed by atoms with Gasteiger partial charge < -0.3 is 14.6 Å². The lowest BCUT2D eigenvalue weighted by Crippen LogP contribution is -2.27. The second kappa shape index (κ2) is 44.5. The van der Waals surface area contributed by atoms with Crippen molar-refractivity contribution in [2.75, 3.05) is 19.8 Å². The Balaban J connectivity index is 3.39. The molecule has 0 aromatic heterocycles. The number of carbonyl (C=O) groups excluding carboxylic acids is 1. The Labute approximate surface area is 318 Å². The summed E-state index contributed by atoms with van der Waals surface area (Å²) in [6.45, 7) is 5.25. The van der Waals surface area contributed by atoms with E-state index in [9.17, 15) is 9.90 Å². The number of hydrogen-bond donors (Lipinski definition) is 1. The Bertz CT molecular complexity index is 798. The van der Waals surface area contributed by atoms with Crippen LogP contribution in [0, 0.1) is 0 Å². The topological polar surface area (TPSA) is 55.8 Å². The minimum absolute atomic E-state index is 0.170. The highest BCUT2D eigenvalue weighted by Gasteiger charge is 2.13. The summed E-state index contributed by atoms with van der Waals surface area (Å²) in [5.41, 5.74) is 0. The van der Waals surface area contributed by atoms with Gasteiger partial charge in [-0.1, -0.05) is 210 Å². The molecule has 1 atom stereocenters. The van der Waals surface area contributed by atoms with Crippen molar-refractivity contribution in [2.24, 2.45) is 0 Å². The summed E-state index contributed by atoms with van der Waals surface area (Å²) in [5, 5.41) is 9.60. The summed E-state index contributed by atoms with van der Waals surface area (Å²) >= 11 is 0. The van der Waals surface area contributed by atoms with E-state index in [4.69, 9.17) is 9.47 Å². The van der Waals surface area contributed by atoms with Crippen LogP contribution in [-0.4, -0.2) is 37.0 Å². The Hall–Kier alpha value is -1.65. The first-order chi connectivity index (χ1) is 25.2. The van der Waals surface area contributed by atoms with E-state index >= 15 is 0 Å². The van der Waals surface area contributed by atoms with Gasteiger partial charge in [0.2, 0.25) is 0 Å². The van der Waals surface area contributed by atoms with Crippen LogP contribution in [0.4, 0.5) is 0 Å². The van der Waals surface area contributed by atoms with E-state index in [0.717, 1.165) is 44.9 Å². The van der Waals surface area contributed by atoms with Gasteiger partial charge in [0, 0.05) is 13.0 Å². The highest BCUT2D eigenvalue weighted by atomic mass is 16.6. The molecule has 0 aliphatic rings. The highest BCUT2D eigenvalue weighted by Crippen LogP contribution is 2.15. The van der Waals surface area contributed by atoms with Crippen molar-refractivity contribution in [3.8, 4) is 0 Å². The van der Waals surface area contributed by atoms with Gasteiger partial charge in [0.25, 0.3) is 0 Å². The maximum atomic E-state index is 12.2. The largest absolute Gasteiger partial charge is 0.457 e. The molecule has 1 unspecified atom stereocenters. The third-order valence-corrected chi connectivity index (χ3v) is 9.67. The van der Waals surface area contributed by atoms with E-state index in [0.29, 0.717) is 19.6 Å². The molecule has 0 saturated carbocycles. The van der Waals surface area contributed by atoms with Gasteiger partial charge in [-0.15, -0.1) is 0 Å². The van der Waals surface area contributed by atoms with Crippen molar-refractivity contribution in [1.29, 1.82) is 0 Å². The van der Waals surface area contributed by atoms with Crippen LogP contribution in [0.25, 0.3) is 0 Å². The molecule has 0 spiro atoms. The molecule has 0 fully saturated rings. The summed E-state index contributed by atoms with van der Waals surface area (Å²) in [5.74, 6) is -0.200. The maximum absolute atomic E-state index is 12.2. The lowest BCUT2D eigenvalue weighted by atomic mass is 10.0. The van der Waals surface area contributed by atoms with Crippen LogP contribution < -0.4 is 0 Å². The highest BCUT2D eigenvalue weighted by molar-refractivity contribution is 5.69. The monoisotopic (exact) mass is 715 g/mol. The van der Waals surface area contributed by atoms with Crippen LogP contribution >= 0.6 is 0 Å². The summed E-state index contributed by atoms with van der Waals surface area (Å²) in [4.78, 5) is 12.2. The predicted octanol–water partition coefficient (Wildman–Crippen LogP) is 14.7. The average molecular weight is 715 g/mol. The van der Waals surface area contributed by atoms with Crippen LogP contribution in [0.2, 0.25) is 0 Å². The Kier molecular flexibility index (Phi) is 43.1. The molecular formula is C47H86O4. The fraction of sp³-hybridized carbons (Fsp3) is 0.809. The second-order valence-corrected chi connectivity index (χ2v) is 14.7. The van der Waals surface area contributed by atoms with E-state index < -0.39 is 6.10 Å². The number of allylic oxidation sites excluding steroid dienone is 8. The number of unbranched alkanes of at least 4 members (excludes halogenated alkanes) is 25. The quantitative estimate of drug-likeness (QED) is 0.0389. The Morgan fingerprint density at radius 3 is 1.33 bits per heavy atom. The van der Waals surface area contributed by atoms with E-state index in [2.05, 4.69) is 62.5 Å². The number of aliphatic hydroxyl groups is 1. The fourth-order valence-corrected chi connectivity index (χ4v) is 6.38. The molecule has 0 aromatic carbocycles. The number of carbonyl (C=O) groups is 1. The molecule has 51 heavy (non-hydrogen) atoms. The van der Waals surface area contributed by atoms with Crippen LogP contribution in [0.15, 0.2) is 48.6 Å². The molecule has 0 heterocycles. The standard InChI is InChI=1S/C47H86O4/c1-3-5-7-9-11-13-15-17-18-19-20-21-22-23-24-25-26-27-28-29-31-33-35-37-39-41-43-50-45-46(44-48)51-47(49)42-40-38-36-34-32-30-16-14-12-10-8-6-4-2/h5,7,11,13,17-18,20-21,46,48H,3-4,6,8-10,12,14-16,19,22-45H2,1-2H3/b7-5-,13-11-,18-17-,21-20-. The number of aliphatic hydroxyl groups excluding tert-OH is 1. The van der Waals surface area contributed by atoms with Crippen LogP contribution in [0.1, 0.15) is 219 Å². The van der Waals surface area contributed by atoms with Gasteiger partial charge in [-0.2, -0.15) is 0 Å². The Morgan fingerprint density at radius 1 is 0.490 bits per heavy atom. The molecule has 0 aliphatic carbocycles. The van der Waals surface area contributed by atoms with Crippen molar-refractivity contribution in [3.63, 3.8) is 0 Å². The zero-order chi connectivity index (χ0) is 37.0. The molecule has 0 radical (unpaired) electrons. The first kappa shape index (κ1) is 49.4. The van der Waals surface area contributed by atoms with Crippen molar-refractivity contribution in [1.82, 2.24) is 0 Å². The smallest absolute Gasteiger partial charge is 0.306 e. The molecule has 4 heteroatoms. The third-order valence-electron chi connectivity index (χ3n) is 9.67. The first-order valence-electron chi connectivity index (χ1n) is 22.2.